The normalized spacial score (nSPS) is 14.0. The number of para-hydroxylation sites is 3. The summed E-state index contributed by atoms with van der Waals surface area (Å²) >= 11 is 0. The number of morpholine rings is 1. The molecule has 6 rings (SSSR count). The van der Waals surface area contributed by atoms with E-state index in [1.165, 1.54) is 5.56 Å². The number of rotatable bonds is 8. The zero-order valence-corrected chi connectivity index (χ0v) is 21.4. The first-order chi connectivity index (χ1) is 18.8. The van der Waals surface area contributed by atoms with Gasteiger partial charge < -0.3 is 19.4 Å². The highest BCUT2D eigenvalue weighted by Gasteiger charge is 2.17. The van der Waals surface area contributed by atoms with E-state index in [0.717, 1.165) is 84.8 Å². The number of ether oxygens (including phenoxy) is 2. The first-order valence-electron chi connectivity index (χ1n) is 12.8. The third-order valence-corrected chi connectivity index (χ3v) is 6.79. The van der Waals surface area contributed by atoms with Gasteiger partial charge >= 0.3 is 0 Å². The van der Waals surface area contributed by atoms with Crippen molar-refractivity contribution in [1.29, 1.82) is 0 Å². The quantitative estimate of drug-likeness (QED) is 0.313. The van der Waals surface area contributed by atoms with Crippen LogP contribution in [0.15, 0.2) is 85.2 Å². The van der Waals surface area contributed by atoms with Crippen LogP contribution >= 0.6 is 0 Å². The van der Waals surface area contributed by atoms with Crippen molar-refractivity contribution in [3.8, 4) is 17.0 Å². The fraction of sp³-hybridized carbons (Fsp3) is 0.233. The van der Waals surface area contributed by atoms with Crippen molar-refractivity contribution in [2.24, 2.45) is 0 Å². The van der Waals surface area contributed by atoms with E-state index in [0.29, 0.717) is 0 Å². The highest BCUT2D eigenvalue weighted by Crippen LogP contribution is 2.29. The Balaban J connectivity index is 1.25. The lowest BCUT2D eigenvalue weighted by Gasteiger charge is -2.26. The van der Waals surface area contributed by atoms with E-state index in [1.807, 2.05) is 36.4 Å². The monoisotopic (exact) mass is 506 g/mol. The van der Waals surface area contributed by atoms with Gasteiger partial charge in [-0.05, 0) is 42.0 Å². The fourth-order valence-electron chi connectivity index (χ4n) is 4.89. The number of anilines is 2. The molecule has 2 aromatic heterocycles. The van der Waals surface area contributed by atoms with E-state index in [1.54, 1.807) is 13.4 Å². The summed E-state index contributed by atoms with van der Waals surface area (Å²) in [6.07, 6.45) is 1.57. The minimum absolute atomic E-state index is 0.721. The van der Waals surface area contributed by atoms with E-state index in [4.69, 9.17) is 14.5 Å². The second kappa shape index (κ2) is 11.0. The van der Waals surface area contributed by atoms with Gasteiger partial charge in [0.05, 0.1) is 43.6 Å². The summed E-state index contributed by atoms with van der Waals surface area (Å²) in [6, 6.07) is 26.6. The molecule has 1 aliphatic rings. The molecule has 0 radical (unpaired) electrons. The number of benzene rings is 3. The summed E-state index contributed by atoms with van der Waals surface area (Å²) in [4.78, 5) is 16.3. The van der Waals surface area contributed by atoms with Crippen LogP contribution in [-0.4, -0.2) is 57.8 Å². The molecule has 3 aromatic carbocycles. The van der Waals surface area contributed by atoms with E-state index in [9.17, 15) is 0 Å². The van der Waals surface area contributed by atoms with Gasteiger partial charge in [-0.3, -0.25) is 4.90 Å². The van der Waals surface area contributed by atoms with Crippen LogP contribution in [-0.2, 0) is 17.8 Å². The molecule has 0 saturated carbocycles. The van der Waals surface area contributed by atoms with Crippen molar-refractivity contribution in [3.05, 3.63) is 96.6 Å². The van der Waals surface area contributed by atoms with Gasteiger partial charge in [-0.25, -0.2) is 15.0 Å². The van der Waals surface area contributed by atoms with Crippen LogP contribution in [0.1, 0.15) is 11.4 Å². The maximum Gasteiger partial charge on any atom is 0.134 e. The van der Waals surface area contributed by atoms with Crippen molar-refractivity contribution in [3.63, 3.8) is 0 Å². The second-order valence-electron chi connectivity index (χ2n) is 9.31. The SMILES string of the molecule is COc1ccccc1-c1cc(Nc2cccc(Cn3c(CN4CCOCC4)nc4ccccc43)c2)ncn1. The largest absolute Gasteiger partial charge is 0.496 e. The van der Waals surface area contributed by atoms with Gasteiger partial charge in [-0.1, -0.05) is 36.4 Å². The lowest BCUT2D eigenvalue weighted by molar-refractivity contribution is 0.0327. The van der Waals surface area contributed by atoms with E-state index in [-0.39, 0.29) is 0 Å². The molecule has 1 saturated heterocycles. The summed E-state index contributed by atoms with van der Waals surface area (Å²) in [5.74, 6) is 2.57. The van der Waals surface area contributed by atoms with E-state index < -0.39 is 0 Å². The molecule has 1 fully saturated rings. The predicted molar refractivity (Wildman–Crippen MR) is 149 cm³/mol. The Kier molecular flexibility index (Phi) is 6.97. The molecule has 8 heteroatoms. The molecule has 0 atom stereocenters. The third-order valence-electron chi connectivity index (χ3n) is 6.79. The van der Waals surface area contributed by atoms with Crippen molar-refractivity contribution in [1.82, 2.24) is 24.4 Å². The van der Waals surface area contributed by atoms with Gasteiger partial charge in [0.25, 0.3) is 0 Å². The highest BCUT2D eigenvalue weighted by molar-refractivity contribution is 5.76. The standard InChI is InChI=1S/C30H30N6O2/c1-37-28-12-5-2-9-24(28)26-18-29(32-21-31-26)33-23-8-6-7-22(17-23)19-36-27-11-4-3-10-25(27)34-30(36)20-35-13-15-38-16-14-35/h2-12,17-18,21H,13-16,19-20H2,1H3,(H,31,32,33). The molecule has 0 bridgehead atoms. The molecular weight excluding hydrogens is 476 g/mol. The van der Waals surface area contributed by atoms with Crippen LogP contribution in [0.4, 0.5) is 11.5 Å². The van der Waals surface area contributed by atoms with Gasteiger partial charge in [-0.15, -0.1) is 0 Å². The molecule has 38 heavy (non-hydrogen) atoms. The van der Waals surface area contributed by atoms with E-state index in [2.05, 4.69) is 67.2 Å². The molecule has 192 valence electrons. The smallest absolute Gasteiger partial charge is 0.134 e. The van der Waals surface area contributed by atoms with Gasteiger partial charge in [0, 0.05) is 37.0 Å². The number of methoxy groups -OCH3 is 1. The highest BCUT2D eigenvalue weighted by atomic mass is 16.5. The number of fused-ring (bicyclic) bond motifs is 1. The second-order valence-corrected chi connectivity index (χ2v) is 9.31. The van der Waals surface area contributed by atoms with Crippen molar-refractivity contribution in [2.45, 2.75) is 13.1 Å². The molecule has 1 aliphatic heterocycles. The summed E-state index contributed by atoms with van der Waals surface area (Å²) in [5.41, 5.74) is 6.04. The molecule has 3 heterocycles. The maximum absolute atomic E-state index is 5.54. The van der Waals surface area contributed by atoms with Gasteiger partial charge in [0.1, 0.15) is 23.7 Å². The molecular formula is C30H30N6O2. The van der Waals surface area contributed by atoms with Crippen molar-refractivity contribution < 1.29 is 9.47 Å². The van der Waals surface area contributed by atoms with Crippen LogP contribution in [0.3, 0.4) is 0 Å². The molecule has 5 aromatic rings. The van der Waals surface area contributed by atoms with Crippen LogP contribution in [0.5, 0.6) is 5.75 Å². The van der Waals surface area contributed by atoms with Crippen LogP contribution in [0, 0.1) is 0 Å². The predicted octanol–water partition coefficient (Wildman–Crippen LogP) is 5.13. The summed E-state index contributed by atoms with van der Waals surface area (Å²) in [6.45, 7) is 4.94. The molecule has 0 unspecified atom stereocenters. The summed E-state index contributed by atoms with van der Waals surface area (Å²) in [5, 5.41) is 3.45. The average Bonchev–Trinajstić information content (AvgIpc) is 3.30. The number of nitrogens with zero attached hydrogens (tertiary/aromatic N) is 5. The van der Waals surface area contributed by atoms with Gasteiger partial charge in [-0.2, -0.15) is 0 Å². The Bertz CT molecular complexity index is 1540. The first-order valence-corrected chi connectivity index (χ1v) is 12.8. The molecule has 0 aliphatic carbocycles. The number of imidazole rings is 1. The topological polar surface area (TPSA) is 77.3 Å². The zero-order valence-electron chi connectivity index (χ0n) is 21.4. The van der Waals surface area contributed by atoms with Crippen LogP contribution < -0.4 is 10.1 Å². The maximum atomic E-state index is 5.54. The molecule has 0 spiro atoms. The number of nitrogens with one attached hydrogen (secondary N) is 1. The average molecular weight is 507 g/mol. The van der Waals surface area contributed by atoms with Crippen molar-refractivity contribution in [2.75, 3.05) is 38.7 Å². The lowest BCUT2D eigenvalue weighted by Crippen LogP contribution is -2.36. The Labute approximate surface area is 221 Å². The van der Waals surface area contributed by atoms with E-state index >= 15 is 0 Å². The Morgan fingerprint density at radius 2 is 1.74 bits per heavy atom. The Morgan fingerprint density at radius 1 is 0.895 bits per heavy atom. The fourth-order valence-corrected chi connectivity index (χ4v) is 4.89. The molecule has 1 N–H and O–H groups in total. The lowest BCUT2D eigenvalue weighted by atomic mass is 10.1. The minimum Gasteiger partial charge on any atom is -0.496 e. The number of hydrogen-bond acceptors (Lipinski definition) is 7. The molecule has 0 amide bonds. The van der Waals surface area contributed by atoms with Crippen LogP contribution in [0.25, 0.3) is 22.3 Å². The summed E-state index contributed by atoms with van der Waals surface area (Å²) in [7, 11) is 1.67. The summed E-state index contributed by atoms with van der Waals surface area (Å²) < 4.78 is 13.4. The van der Waals surface area contributed by atoms with Crippen LogP contribution in [0.2, 0.25) is 0 Å². The minimum atomic E-state index is 0.721. The van der Waals surface area contributed by atoms with Gasteiger partial charge in [0.2, 0.25) is 0 Å². The number of hydrogen-bond donors (Lipinski definition) is 1. The number of aromatic nitrogens is 4. The van der Waals surface area contributed by atoms with Crippen molar-refractivity contribution >= 4 is 22.5 Å². The Morgan fingerprint density at radius 3 is 2.63 bits per heavy atom. The molecule has 8 nitrogen and oxygen atoms in total. The third kappa shape index (κ3) is 5.22. The zero-order chi connectivity index (χ0) is 25.7. The first kappa shape index (κ1) is 24.1. The van der Waals surface area contributed by atoms with Gasteiger partial charge in [0.15, 0.2) is 0 Å². The Hall–Kier alpha value is -4.27.